The first-order chi connectivity index (χ1) is 23.5. The van der Waals surface area contributed by atoms with E-state index in [4.69, 9.17) is 0 Å². The zero-order valence-corrected chi connectivity index (χ0v) is 26.5. The molecule has 7 aromatic rings. The van der Waals surface area contributed by atoms with Crippen LogP contribution in [-0.2, 0) is 11.2 Å². The molecular weight excluding hydrogens is 588 g/mol. The van der Waals surface area contributed by atoms with Crippen molar-refractivity contribution in [2.45, 2.75) is 13.3 Å². The van der Waals surface area contributed by atoms with Gasteiger partial charge in [-0.3, -0.25) is 0 Å². The number of aromatic nitrogens is 1. The highest BCUT2D eigenvalue weighted by Crippen LogP contribution is 2.31. The topological polar surface area (TPSA) is 66.0 Å². The molecule has 1 aromatic heterocycles. The van der Waals surface area contributed by atoms with E-state index in [0.717, 1.165) is 45.3 Å². The molecule has 7 rings (SSSR count). The van der Waals surface area contributed by atoms with Crippen LogP contribution in [-0.4, -0.2) is 15.6 Å². The first kappa shape index (κ1) is 30.2. The Morgan fingerprint density at radius 1 is 0.771 bits per heavy atom. The molecule has 4 heteroatoms. The lowest BCUT2D eigenvalue weighted by Gasteiger charge is -2.11. The summed E-state index contributed by atoms with van der Waals surface area (Å²) in [6.07, 6.45) is 10.8. The van der Waals surface area contributed by atoms with Crippen LogP contribution in [0.15, 0.2) is 151 Å². The summed E-state index contributed by atoms with van der Waals surface area (Å²) in [6, 6.07) is 46.1. The van der Waals surface area contributed by atoms with Crippen molar-refractivity contribution in [1.82, 2.24) is 4.57 Å². The summed E-state index contributed by atoms with van der Waals surface area (Å²) in [5.74, 6) is -1.24. The average Bonchev–Trinajstić information content (AvgIpc) is 3.49. The molecule has 0 radical (unpaired) electrons. The molecule has 0 amide bonds. The molecule has 0 bridgehead atoms. The fourth-order valence-electron chi connectivity index (χ4n) is 6.23. The zero-order valence-electron chi connectivity index (χ0n) is 26.5. The van der Waals surface area contributed by atoms with Gasteiger partial charge in [0, 0.05) is 22.8 Å². The molecule has 0 fully saturated rings. The number of benzene rings is 6. The monoisotopic (exact) mass is 620 g/mol. The van der Waals surface area contributed by atoms with E-state index in [1.807, 2.05) is 18.2 Å². The van der Waals surface area contributed by atoms with E-state index < -0.39 is 5.97 Å². The van der Waals surface area contributed by atoms with Crippen LogP contribution in [0.3, 0.4) is 0 Å². The van der Waals surface area contributed by atoms with Gasteiger partial charge in [0.05, 0.1) is 5.52 Å². The molecule has 6 aromatic carbocycles. The molecule has 1 heterocycles. The Morgan fingerprint density at radius 3 is 1.98 bits per heavy atom. The third-order valence-corrected chi connectivity index (χ3v) is 8.80. The minimum atomic E-state index is -1.24. The number of nitriles is 1. The van der Waals surface area contributed by atoms with Crippen molar-refractivity contribution in [3.8, 4) is 11.8 Å². The maximum Gasteiger partial charge on any atom is 0.346 e. The van der Waals surface area contributed by atoms with Gasteiger partial charge in [-0.2, -0.15) is 5.26 Å². The molecule has 0 spiro atoms. The van der Waals surface area contributed by atoms with E-state index in [1.165, 1.54) is 33.2 Å². The fourth-order valence-corrected chi connectivity index (χ4v) is 6.23. The third-order valence-electron chi connectivity index (χ3n) is 8.80. The number of aliphatic carboxylic acids is 1. The number of nitrogens with zero attached hydrogens (tertiary/aromatic N) is 2. The van der Waals surface area contributed by atoms with Crippen LogP contribution in [0, 0.1) is 11.3 Å². The molecule has 0 aliphatic heterocycles. The molecule has 0 unspecified atom stereocenters. The molecule has 230 valence electrons. The minimum Gasteiger partial charge on any atom is -0.477 e. The Labute approximate surface area is 279 Å². The van der Waals surface area contributed by atoms with E-state index in [0.29, 0.717) is 5.56 Å². The molecule has 48 heavy (non-hydrogen) atoms. The van der Waals surface area contributed by atoms with Gasteiger partial charge < -0.3 is 9.67 Å². The fraction of sp³-hybridized carbons (Fsp3) is 0.0455. The molecule has 0 aliphatic rings. The first-order valence-electron chi connectivity index (χ1n) is 16.0. The number of carboxylic acid groups (broad SMARTS) is 1. The molecule has 0 atom stereocenters. The second kappa shape index (κ2) is 13.1. The van der Waals surface area contributed by atoms with Gasteiger partial charge in [0.15, 0.2) is 0 Å². The summed E-state index contributed by atoms with van der Waals surface area (Å²) in [4.78, 5) is 11.6. The van der Waals surface area contributed by atoms with Gasteiger partial charge in [-0.25, -0.2) is 4.79 Å². The van der Waals surface area contributed by atoms with Crippen molar-refractivity contribution < 1.29 is 9.90 Å². The predicted octanol–water partition coefficient (Wildman–Crippen LogP) is 10.6. The van der Waals surface area contributed by atoms with Gasteiger partial charge in [-0.1, -0.05) is 116 Å². The number of hydrogen-bond acceptors (Lipinski definition) is 2. The molecule has 0 saturated heterocycles. The number of fused-ring (bicyclic) bond motifs is 3. The first-order valence-corrected chi connectivity index (χ1v) is 16.0. The normalized spacial score (nSPS) is 11.7. The van der Waals surface area contributed by atoms with Crippen LogP contribution in [0.5, 0.6) is 0 Å². The lowest BCUT2D eigenvalue weighted by atomic mass is 9.93. The second-order valence-electron chi connectivity index (χ2n) is 11.8. The van der Waals surface area contributed by atoms with Gasteiger partial charge in [0.25, 0.3) is 0 Å². The maximum atomic E-state index is 11.6. The Kier molecular flexibility index (Phi) is 8.26. The molecule has 0 saturated carbocycles. The van der Waals surface area contributed by atoms with Crippen LogP contribution < -0.4 is 0 Å². The van der Waals surface area contributed by atoms with Gasteiger partial charge in [-0.05, 0) is 98.3 Å². The van der Waals surface area contributed by atoms with Gasteiger partial charge in [0.1, 0.15) is 11.6 Å². The standard InChI is InChI=1S/C44H32N2O2/c1-2-30-14-21-40(22-15-30)46-29-38(42-25-31(16-23-43(42)46)24-39(28-45)44(47)48)12-7-13-41(36-19-17-32-8-3-5-10-34(32)26-36)37-20-18-33-9-4-6-11-35(33)27-37/h3-27,29H,2H2,1H3,(H,47,48)/b12-7+,39-24+. The summed E-state index contributed by atoms with van der Waals surface area (Å²) in [5, 5.41) is 24.5. The number of rotatable bonds is 8. The summed E-state index contributed by atoms with van der Waals surface area (Å²) in [7, 11) is 0. The number of aryl methyl sites for hydroxylation is 1. The molecule has 4 nitrogen and oxygen atoms in total. The van der Waals surface area contributed by atoms with Crippen molar-refractivity contribution in [2.24, 2.45) is 0 Å². The predicted molar refractivity (Wildman–Crippen MR) is 198 cm³/mol. The third kappa shape index (κ3) is 6.06. The number of carbonyl (C=O) groups is 1. The lowest BCUT2D eigenvalue weighted by Crippen LogP contribution is -1.97. The highest BCUT2D eigenvalue weighted by atomic mass is 16.4. The average molecular weight is 621 g/mol. The van der Waals surface area contributed by atoms with E-state index in [9.17, 15) is 15.2 Å². The van der Waals surface area contributed by atoms with Crippen molar-refractivity contribution in [3.63, 3.8) is 0 Å². The maximum absolute atomic E-state index is 11.6. The Hall–Kier alpha value is -6.44. The summed E-state index contributed by atoms with van der Waals surface area (Å²) in [6.45, 7) is 2.14. The molecule has 1 N–H and O–H groups in total. The molecule has 0 aliphatic carbocycles. The minimum absolute atomic E-state index is 0.306. The van der Waals surface area contributed by atoms with E-state index in [1.54, 1.807) is 6.07 Å². The van der Waals surface area contributed by atoms with Gasteiger partial charge in [0.2, 0.25) is 0 Å². The quantitative estimate of drug-likeness (QED) is 0.104. The van der Waals surface area contributed by atoms with Crippen molar-refractivity contribution in [1.29, 1.82) is 5.26 Å². The molecular formula is C44H32N2O2. The van der Waals surface area contributed by atoms with Crippen LogP contribution >= 0.6 is 0 Å². The number of carboxylic acids is 1. The van der Waals surface area contributed by atoms with Crippen LogP contribution in [0.25, 0.3) is 55.9 Å². The van der Waals surface area contributed by atoms with Crippen molar-refractivity contribution in [3.05, 3.63) is 179 Å². The van der Waals surface area contributed by atoms with Crippen LogP contribution in [0.2, 0.25) is 0 Å². The van der Waals surface area contributed by atoms with Crippen LogP contribution in [0.1, 0.15) is 34.7 Å². The van der Waals surface area contributed by atoms with Gasteiger partial charge in [-0.15, -0.1) is 0 Å². The van der Waals surface area contributed by atoms with Gasteiger partial charge >= 0.3 is 5.97 Å². The summed E-state index contributed by atoms with van der Waals surface area (Å²) in [5.41, 5.74) is 7.95. The van der Waals surface area contributed by atoms with E-state index >= 15 is 0 Å². The van der Waals surface area contributed by atoms with Crippen molar-refractivity contribution in [2.75, 3.05) is 0 Å². The highest BCUT2D eigenvalue weighted by molar-refractivity contribution is 5.99. The Morgan fingerprint density at radius 2 is 1.40 bits per heavy atom. The zero-order chi connectivity index (χ0) is 33.0. The Balaban J connectivity index is 1.37. The SMILES string of the molecule is CCc1ccc(-n2cc(/C=C/C=C(c3ccc4ccccc4c3)c3ccc4ccccc4c3)c3cc(/C=C(\C#N)C(=O)O)ccc32)cc1. The van der Waals surface area contributed by atoms with E-state index in [-0.39, 0.29) is 5.57 Å². The largest absolute Gasteiger partial charge is 0.477 e. The van der Waals surface area contributed by atoms with Crippen LogP contribution in [0.4, 0.5) is 0 Å². The van der Waals surface area contributed by atoms with Crippen molar-refractivity contribution >= 4 is 56.1 Å². The lowest BCUT2D eigenvalue weighted by molar-refractivity contribution is -0.132. The summed E-state index contributed by atoms with van der Waals surface area (Å²) >= 11 is 0. The second-order valence-corrected chi connectivity index (χ2v) is 11.8. The Bertz CT molecular complexity index is 2390. The number of allylic oxidation sites excluding steroid dienone is 2. The smallest absolute Gasteiger partial charge is 0.346 e. The summed E-state index contributed by atoms with van der Waals surface area (Å²) < 4.78 is 2.15. The number of hydrogen-bond donors (Lipinski definition) is 1. The van der Waals surface area contributed by atoms with E-state index in [2.05, 4.69) is 145 Å². The highest BCUT2D eigenvalue weighted by Gasteiger charge is 2.12.